The molecule has 0 unspecified atom stereocenters. The summed E-state index contributed by atoms with van der Waals surface area (Å²) in [5.41, 5.74) is -0.0456. The lowest BCUT2D eigenvalue weighted by molar-refractivity contribution is -0.137. The summed E-state index contributed by atoms with van der Waals surface area (Å²) in [4.78, 5) is 35.5. The first-order valence-electron chi connectivity index (χ1n) is 6.37. The van der Waals surface area contributed by atoms with Gasteiger partial charge in [-0.3, -0.25) is 4.79 Å². The van der Waals surface area contributed by atoms with Gasteiger partial charge >= 0.3 is 17.9 Å². The molecule has 0 aliphatic rings. The second-order valence-corrected chi connectivity index (χ2v) is 4.72. The van der Waals surface area contributed by atoms with E-state index >= 15 is 0 Å². The Kier molecular flexibility index (Phi) is 4.02. The van der Waals surface area contributed by atoms with Crippen molar-refractivity contribution in [3.05, 3.63) is 29.0 Å². The van der Waals surface area contributed by atoms with Crippen LogP contribution in [0.15, 0.2) is 12.1 Å². The number of phenols is 1. The maximum Gasteiger partial charge on any atom is 0.352 e. The van der Waals surface area contributed by atoms with Crippen LogP contribution < -0.4 is 0 Å². The van der Waals surface area contributed by atoms with Gasteiger partial charge in [0.05, 0.1) is 5.52 Å². The lowest BCUT2D eigenvalue weighted by Crippen LogP contribution is -2.03. The lowest BCUT2D eigenvalue weighted by Gasteiger charge is -2.04. The number of benzene rings is 1. The molecule has 1 aromatic carbocycles. The largest absolute Gasteiger partial charge is 0.506 e. The van der Waals surface area contributed by atoms with Gasteiger partial charge in [-0.15, -0.1) is 0 Å². The predicted octanol–water partition coefficient (Wildman–Crippen LogP) is 1.68. The number of aliphatic carboxylic acids is 1. The van der Waals surface area contributed by atoms with E-state index in [0.717, 1.165) is 0 Å². The quantitative estimate of drug-likeness (QED) is 0.545. The number of aromatic amines is 1. The van der Waals surface area contributed by atoms with Gasteiger partial charge in [0.2, 0.25) is 0 Å². The second kappa shape index (κ2) is 5.76. The molecular weight excluding hydrogens is 294 g/mol. The normalized spacial score (nSPS) is 10.7. The van der Waals surface area contributed by atoms with Crippen molar-refractivity contribution in [3.8, 4) is 5.75 Å². The van der Waals surface area contributed by atoms with Gasteiger partial charge in [-0.2, -0.15) is 0 Å². The van der Waals surface area contributed by atoms with E-state index in [9.17, 15) is 24.6 Å². The zero-order chi connectivity index (χ0) is 16.4. The number of aromatic nitrogens is 1. The molecule has 5 N–H and O–H groups in total. The number of rotatable bonds is 6. The SMILES string of the molecule is O=C(O)CCCc1c(C(=O)O)[nH]c2ccc(C(=O)O)c(O)c12. The molecule has 2 aromatic rings. The molecule has 0 bridgehead atoms. The molecule has 0 aliphatic carbocycles. The molecule has 0 atom stereocenters. The van der Waals surface area contributed by atoms with Crippen molar-refractivity contribution < 1.29 is 34.8 Å². The van der Waals surface area contributed by atoms with Crippen LogP contribution in [0.4, 0.5) is 0 Å². The first-order valence-corrected chi connectivity index (χ1v) is 6.37. The Hall–Kier alpha value is -3.03. The Balaban J connectivity index is 2.60. The van der Waals surface area contributed by atoms with Crippen LogP contribution in [0.2, 0.25) is 0 Å². The Morgan fingerprint density at radius 1 is 1.05 bits per heavy atom. The zero-order valence-electron chi connectivity index (χ0n) is 11.3. The number of aromatic carboxylic acids is 2. The van der Waals surface area contributed by atoms with E-state index in [0.29, 0.717) is 0 Å². The number of H-pyrrole nitrogens is 1. The van der Waals surface area contributed by atoms with Crippen molar-refractivity contribution in [2.45, 2.75) is 19.3 Å². The zero-order valence-corrected chi connectivity index (χ0v) is 11.3. The van der Waals surface area contributed by atoms with Crippen LogP contribution in [0.3, 0.4) is 0 Å². The summed E-state index contributed by atoms with van der Waals surface area (Å²) >= 11 is 0. The highest BCUT2D eigenvalue weighted by molar-refractivity contribution is 6.05. The molecular formula is C14H13NO7. The molecule has 116 valence electrons. The van der Waals surface area contributed by atoms with Crippen molar-refractivity contribution in [2.24, 2.45) is 0 Å². The third-order valence-corrected chi connectivity index (χ3v) is 3.30. The molecule has 2 rings (SSSR count). The Bertz CT molecular complexity index is 775. The number of fused-ring (bicyclic) bond motifs is 1. The summed E-state index contributed by atoms with van der Waals surface area (Å²) < 4.78 is 0. The average Bonchev–Trinajstić information content (AvgIpc) is 2.78. The lowest BCUT2D eigenvalue weighted by atomic mass is 10.0. The van der Waals surface area contributed by atoms with Gasteiger partial charge in [0.25, 0.3) is 0 Å². The van der Waals surface area contributed by atoms with E-state index in [4.69, 9.17) is 10.2 Å². The van der Waals surface area contributed by atoms with Crippen LogP contribution >= 0.6 is 0 Å². The van der Waals surface area contributed by atoms with E-state index in [1.165, 1.54) is 12.1 Å². The fraction of sp³-hybridized carbons (Fsp3) is 0.214. The summed E-state index contributed by atoms with van der Waals surface area (Å²) in [5.74, 6) is -4.15. The van der Waals surface area contributed by atoms with Crippen molar-refractivity contribution in [2.75, 3.05) is 0 Å². The first kappa shape index (κ1) is 15.4. The molecule has 0 saturated heterocycles. The van der Waals surface area contributed by atoms with E-state index in [1.807, 2.05) is 0 Å². The molecule has 0 radical (unpaired) electrons. The van der Waals surface area contributed by atoms with Crippen molar-refractivity contribution in [3.63, 3.8) is 0 Å². The third-order valence-electron chi connectivity index (χ3n) is 3.30. The molecule has 0 aliphatic heterocycles. The van der Waals surface area contributed by atoms with Crippen LogP contribution in [0.5, 0.6) is 5.75 Å². The predicted molar refractivity (Wildman–Crippen MR) is 74.5 cm³/mol. The molecule has 0 fully saturated rings. The molecule has 8 nitrogen and oxygen atoms in total. The van der Waals surface area contributed by atoms with Gasteiger partial charge in [0, 0.05) is 11.8 Å². The summed E-state index contributed by atoms with van der Waals surface area (Å²) in [6, 6.07) is 2.54. The minimum atomic E-state index is -1.34. The highest BCUT2D eigenvalue weighted by Crippen LogP contribution is 2.34. The Morgan fingerprint density at radius 2 is 1.73 bits per heavy atom. The minimum absolute atomic E-state index is 0.0879. The van der Waals surface area contributed by atoms with Crippen LogP contribution in [-0.4, -0.2) is 43.3 Å². The molecule has 1 heterocycles. The Labute approximate surface area is 123 Å². The van der Waals surface area contributed by atoms with Crippen LogP contribution in [0, 0.1) is 0 Å². The number of aromatic hydroxyl groups is 1. The maximum absolute atomic E-state index is 11.3. The summed E-state index contributed by atoms with van der Waals surface area (Å²) in [6.07, 6.45) is 0.0922. The topological polar surface area (TPSA) is 148 Å². The first-order chi connectivity index (χ1) is 10.3. The van der Waals surface area contributed by atoms with Gasteiger partial charge in [0.15, 0.2) is 0 Å². The molecule has 22 heavy (non-hydrogen) atoms. The number of carboxylic acid groups (broad SMARTS) is 3. The van der Waals surface area contributed by atoms with Crippen molar-refractivity contribution in [1.82, 2.24) is 4.98 Å². The number of nitrogens with one attached hydrogen (secondary N) is 1. The van der Waals surface area contributed by atoms with Gasteiger partial charge in [-0.25, -0.2) is 9.59 Å². The van der Waals surface area contributed by atoms with Crippen LogP contribution in [-0.2, 0) is 11.2 Å². The van der Waals surface area contributed by atoms with Gasteiger partial charge in [-0.05, 0) is 30.5 Å². The fourth-order valence-corrected chi connectivity index (χ4v) is 2.36. The summed E-state index contributed by atoms with van der Waals surface area (Å²) in [5, 5.41) is 37.1. The number of hydrogen-bond donors (Lipinski definition) is 5. The molecule has 0 spiro atoms. The summed E-state index contributed by atoms with van der Waals surface area (Å²) in [7, 11) is 0. The highest BCUT2D eigenvalue weighted by Gasteiger charge is 2.22. The fourth-order valence-electron chi connectivity index (χ4n) is 2.36. The standard InChI is InChI=1S/C14H13NO7/c16-9(17)3-1-2-6-10-8(15-11(6)14(21)22)5-4-7(12(10)18)13(19)20/h4-5,15,18H,1-3H2,(H,16,17)(H,19,20)(H,21,22). The number of hydrogen-bond acceptors (Lipinski definition) is 4. The monoisotopic (exact) mass is 307 g/mol. The van der Waals surface area contributed by atoms with Gasteiger partial charge in [0.1, 0.15) is 17.0 Å². The maximum atomic E-state index is 11.3. The summed E-state index contributed by atoms with van der Waals surface area (Å²) in [6.45, 7) is 0. The van der Waals surface area contributed by atoms with E-state index in [-0.39, 0.29) is 47.0 Å². The van der Waals surface area contributed by atoms with E-state index in [1.54, 1.807) is 0 Å². The molecule has 1 aromatic heterocycles. The number of aryl methyl sites for hydroxylation is 1. The smallest absolute Gasteiger partial charge is 0.352 e. The van der Waals surface area contributed by atoms with Crippen LogP contribution in [0.1, 0.15) is 39.3 Å². The molecule has 8 heteroatoms. The van der Waals surface area contributed by atoms with Crippen molar-refractivity contribution >= 4 is 28.8 Å². The number of carbonyl (C=O) groups is 3. The number of carboxylic acids is 3. The molecule has 0 amide bonds. The van der Waals surface area contributed by atoms with Crippen LogP contribution in [0.25, 0.3) is 10.9 Å². The highest BCUT2D eigenvalue weighted by atomic mass is 16.4. The van der Waals surface area contributed by atoms with E-state index < -0.39 is 23.7 Å². The van der Waals surface area contributed by atoms with Gasteiger partial charge < -0.3 is 25.4 Å². The van der Waals surface area contributed by atoms with E-state index in [2.05, 4.69) is 4.98 Å². The Morgan fingerprint density at radius 3 is 2.27 bits per heavy atom. The molecule has 0 saturated carbocycles. The average molecular weight is 307 g/mol. The third kappa shape index (κ3) is 2.71. The van der Waals surface area contributed by atoms with Gasteiger partial charge in [-0.1, -0.05) is 0 Å². The van der Waals surface area contributed by atoms with Crippen molar-refractivity contribution in [1.29, 1.82) is 0 Å². The second-order valence-electron chi connectivity index (χ2n) is 4.72. The minimum Gasteiger partial charge on any atom is -0.506 e.